The topological polar surface area (TPSA) is 264 Å². The van der Waals surface area contributed by atoms with Crippen molar-refractivity contribution in [2.24, 2.45) is 28.2 Å². The van der Waals surface area contributed by atoms with Crippen LogP contribution in [0.15, 0.2) is 131 Å². The highest BCUT2D eigenvalue weighted by Crippen LogP contribution is 2.44. The Kier molecular flexibility index (Phi) is 21.2. The van der Waals surface area contributed by atoms with Crippen LogP contribution in [-0.4, -0.2) is 70.2 Å². The average molecular weight is 1080 g/mol. The summed E-state index contributed by atoms with van der Waals surface area (Å²) < 4.78 is 158. The molecule has 394 valence electrons. The van der Waals surface area contributed by atoms with Gasteiger partial charge in [-0.1, -0.05) is 77.6 Å². The number of imidazole rings is 4. The normalized spacial score (nSPS) is 11.9. The fourth-order valence-electron chi connectivity index (χ4n) is 7.59. The molecule has 0 aliphatic heterocycles. The molecule has 8 aromatic rings. The molecule has 8 rings (SSSR count). The number of aryl methyl sites for hydroxylation is 8. The van der Waals surface area contributed by atoms with Crippen LogP contribution in [0.5, 0.6) is 0 Å². The Balaban J connectivity index is 0.000000228. The van der Waals surface area contributed by atoms with Crippen molar-refractivity contribution in [3.8, 4) is 0 Å². The minimum atomic E-state index is -5.40. The quantitative estimate of drug-likeness (QED) is 0.0727. The maximum atomic E-state index is 11.8. The van der Waals surface area contributed by atoms with E-state index >= 15 is 0 Å². The van der Waals surface area contributed by atoms with Gasteiger partial charge in [-0.25, -0.2) is 70.2 Å². The van der Waals surface area contributed by atoms with Gasteiger partial charge < -0.3 is 18.2 Å². The predicted molar refractivity (Wildman–Crippen MR) is 264 cm³/mol. The molecule has 24 heteroatoms. The first-order valence-electron chi connectivity index (χ1n) is 23.4. The number of nitrogens with zero attached hydrogens (tertiary/aromatic N) is 8. The third-order valence-corrected chi connectivity index (χ3v) is 14.7. The van der Waals surface area contributed by atoms with E-state index in [1.54, 1.807) is 0 Å². The molecule has 0 radical (unpaired) electrons. The van der Waals surface area contributed by atoms with Crippen molar-refractivity contribution in [1.29, 1.82) is 0 Å². The lowest BCUT2D eigenvalue weighted by Gasteiger charge is -2.23. The summed E-state index contributed by atoms with van der Waals surface area (Å²) in [7, 11) is -13.4. The zero-order valence-electron chi connectivity index (χ0n) is 42.0. The minimum absolute atomic E-state index is 0.336. The van der Waals surface area contributed by atoms with Crippen molar-refractivity contribution in [1.82, 2.24) is 18.3 Å². The highest BCUT2D eigenvalue weighted by Gasteiger charge is 2.24. The summed E-state index contributed by atoms with van der Waals surface area (Å²) in [6, 6.07) is 4.27. The summed E-state index contributed by atoms with van der Waals surface area (Å²) >= 11 is 0. The molecule has 0 spiro atoms. The summed E-state index contributed by atoms with van der Waals surface area (Å²) in [6.07, 6.45) is 35.3. The van der Waals surface area contributed by atoms with Gasteiger partial charge in [-0.05, 0) is 48.6 Å². The largest absolute Gasteiger partial charge is 0.744 e. The standard InChI is InChI=1S/C16H10O12S4.4C8H15N2/c17-29(18,19)11-5-13(31(23,24)25)9-3-4-10-14(32(26,27)28)6-12(30(20,21)22)8-2-1-7(11)15(9)16(8)10;4*1-3-4-5-10-7-6-9(2)8-10/h1-6H,(H,17,18,19)(H,20,21,22)(H,23,24,25)(H,26,27,28);4*6-8H,3-5H2,1-2H3/q;4*+1/p-4. The lowest BCUT2D eigenvalue weighted by molar-refractivity contribution is -0.671. The highest BCUT2D eigenvalue weighted by atomic mass is 32.2. The second-order valence-electron chi connectivity index (χ2n) is 17.3. The number of rotatable bonds is 16. The van der Waals surface area contributed by atoms with Crippen LogP contribution in [0.2, 0.25) is 0 Å². The van der Waals surface area contributed by atoms with Crippen LogP contribution >= 0.6 is 0 Å². The zero-order valence-corrected chi connectivity index (χ0v) is 45.3. The Morgan fingerprint density at radius 2 is 0.569 bits per heavy atom. The monoisotopic (exact) mass is 1070 g/mol. The summed E-state index contributed by atoms with van der Waals surface area (Å²) in [5.41, 5.74) is 0. The number of benzene rings is 4. The van der Waals surface area contributed by atoms with Crippen molar-refractivity contribution in [3.63, 3.8) is 0 Å². The molecule has 0 bridgehead atoms. The first-order chi connectivity index (χ1) is 33.7. The Labute approximate surface area is 423 Å². The third-order valence-electron chi connectivity index (χ3n) is 11.2. The molecule has 4 aromatic carbocycles. The second-order valence-corrected chi connectivity index (χ2v) is 22.7. The van der Waals surface area contributed by atoms with Crippen molar-refractivity contribution in [3.05, 3.63) is 111 Å². The highest BCUT2D eigenvalue weighted by molar-refractivity contribution is 7.87. The van der Waals surface area contributed by atoms with E-state index < -0.39 is 92.4 Å². The fraction of sp³-hybridized carbons (Fsp3) is 0.417. The molecular formula is C48H66N8O12S4. The van der Waals surface area contributed by atoms with E-state index in [0.717, 1.165) is 50.4 Å². The number of hydrogen-bond donors (Lipinski definition) is 0. The molecular weight excluding hydrogens is 1010 g/mol. The van der Waals surface area contributed by atoms with Gasteiger partial charge in [0.25, 0.3) is 0 Å². The number of unbranched alkanes of at least 4 members (excludes halogenated alkanes) is 4. The van der Waals surface area contributed by atoms with E-state index in [1.807, 2.05) is 28.2 Å². The van der Waals surface area contributed by atoms with Gasteiger partial charge >= 0.3 is 0 Å². The minimum Gasteiger partial charge on any atom is -0.744 e. The van der Waals surface area contributed by atoms with Gasteiger partial charge in [0.2, 0.25) is 25.3 Å². The maximum Gasteiger partial charge on any atom is 0.243 e. The molecule has 0 fully saturated rings. The molecule has 0 saturated carbocycles. The molecule has 0 atom stereocenters. The first kappa shape index (κ1) is 59.0. The van der Waals surface area contributed by atoms with Gasteiger partial charge in [0.15, 0.2) is 0 Å². The van der Waals surface area contributed by atoms with Gasteiger partial charge in [0.1, 0.15) is 90.0 Å². The molecule has 72 heavy (non-hydrogen) atoms. The van der Waals surface area contributed by atoms with Gasteiger partial charge in [0.05, 0.1) is 74.0 Å². The second kappa shape index (κ2) is 25.9. The number of aromatic nitrogens is 8. The van der Waals surface area contributed by atoms with Crippen LogP contribution in [0.25, 0.3) is 32.3 Å². The van der Waals surface area contributed by atoms with E-state index in [1.165, 1.54) is 51.4 Å². The average Bonchev–Trinajstić information content (AvgIpc) is 4.13. The molecule has 0 aliphatic rings. The zero-order chi connectivity index (χ0) is 53.6. The van der Waals surface area contributed by atoms with Crippen LogP contribution in [0.4, 0.5) is 0 Å². The van der Waals surface area contributed by atoms with Gasteiger partial charge in [0, 0.05) is 21.5 Å². The summed E-state index contributed by atoms with van der Waals surface area (Å²) in [5, 5.41) is -2.90. The molecule has 0 aliphatic carbocycles. The molecule has 4 heterocycles. The molecule has 0 unspecified atom stereocenters. The Morgan fingerprint density at radius 3 is 0.708 bits per heavy atom. The fourth-order valence-corrected chi connectivity index (χ4v) is 10.5. The van der Waals surface area contributed by atoms with Gasteiger partial charge in [-0.15, -0.1) is 0 Å². The van der Waals surface area contributed by atoms with E-state index in [0.29, 0.717) is 12.1 Å². The predicted octanol–water partition coefficient (Wildman–Crippen LogP) is 4.65. The number of hydrogen-bond acceptors (Lipinski definition) is 12. The Morgan fingerprint density at radius 1 is 0.375 bits per heavy atom. The maximum absolute atomic E-state index is 11.8. The van der Waals surface area contributed by atoms with Gasteiger partial charge in [-0.2, -0.15) is 0 Å². The van der Waals surface area contributed by atoms with Crippen LogP contribution < -0.4 is 18.3 Å². The van der Waals surface area contributed by atoms with Crippen LogP contribution in [0.3, 0.4) is 0 Å². The van der Waals surface area contributed by atoms with Crippen molar-refractivity contribution in [2.45, 2.75) is 125 Å². The lowest BCUT2D eigenvalue weighted by Crippen LogP contribution is -2.23. The van der Waals surface area contributed by atoms with E-state index in [9.17, 15) is 51.9 Å². The van der Waals surface area contributed by atoms with Crippen molar-refractivity contribution >= 4 is 72.8 Å². The van der Waals surface area contributed by atoms with E-state index in [4.69, 9.17) is 0 Å². The molecule has 0 N–H and O–H groups in total. The van der Waals surface area contributed by atoms with Gasteiger partial charge in [-0.3, -0.25) is 0 Å². The Hall–Kier alpha value is -5.60. The van der Waals surface area contributed by atoms with Crippen molar-refractivity contribution in [2.75, 3.05) is 0 Å². The summed E-state index contributed by atoms with van der Waals surface area (Å²) in [5.74, 6) is 0. The van der Waals surface area contributed by atoms with Crippen LogP contribution in [-0.2, 0) is 94.8 Å². The molecule has 0 saturated heterocycles. The van der Waals surface area contributed by atoms with Crippen molar-refractivity contribution < 1.29 is 70.2 Å². The molecule has 4 aromatic heterocycles. The molecule has 20 nitrogen and oxygen atoms in total. The SMILES string of the molecule is CCCCn1cc[n+](C)c1.CCCCn1cc[n+](C)c1.CCCCn1cc[n+](C)c1.CCCCn1cc[n+](C)c1.O=S(=O)([O-])c1cc(S(=O)(=O)[O-])c2ccc3c(S(=O)(=O)[O-])cc(S(=O)(=O)[O-])c4ccc1c2c43. The smallest absolute Gasteiger partial charge is 0.243 e. The van der Waals surface area contributed by atoms with E-state index in [2.05, 4.69) is 139 Å². The lowest BCUT2D eigenvalue weighted by atomic mass is 9.94. The van der Waals surface area contributed by atoms with Crippen LogP contribution in [0.1, 0.15) is 79.1 Å². The summed E-state index contributed by atoms with van der Waals surface area (Å²) in [4.78, 5) is -4.63. The Bertz CT molecular complexity index is 3040. The third kappa shape index (κ3) is 16.7. The van der Waals surface area contributed by atoms with E-state index in [-0.39, 0.29) is 0 Å². The summed E-state index contributed by atoms with van der Waals surface area (Å²) in [6.45, 7) is 13.4. The van der Waals surface area contributed by atoms with Crippen LogP contribution in [0, 0.1) is 0 Å². The first-order valence-corrected chi connectivity index (χ1v) is 29.0. The molecule has 0 amide bonds.